The lowest BCUT2D eigenvalue weighted by atomic mass is 9.86. The summed E-state index contributed by atoms with van der Waals surface area (Å²) in [5.74, 6) is 0.582. The Kier molecular flexibility index (Phi) is 3.96. The molecule has 1 aromatic rings. The van der Waals surface area contributed by atoms with Gasteiger partial charge in [0.2, 0.25) is 0 Å². The number of nitrogens with one attached hydrogen (secondary N) is 1. The quantitative estimate of drug-likeness (QED) is 0.848. The van der Waals surface area contributed by atoms with Crippen LogP contribution in [-0.2, 0) is 0 Å². The van der Waals surface area contributed by atoms with Crippen molar-refractivity contribution in [2.45, 2.75) is 39.2 Å². The third-order valence-corrected chi connectivity index (χ3v) is 5.49. The van der Waals surface area contributed by atoms with Gasteiger partial charge in [-0.25, -0.2) is 8.78 Å². The minimum atomic E-state index is -2.51. The van der Waals surface area contributed by atoms with Gasteiger partial charge in [-0.1, -0.05) is 20.8 Å². The van der Waals surface area contributed by atoms with Gasteiger partial charge >= 0.3 is 0 Å². The van der Waals surface area contributed by atoms with E-state index in [-0.39, 0.29) is 16.5 Å². The van der Waals surface area contributed by atoms with Crippen LogP contribution in [0.5, 0.6) is 0 Å². The van der Waals surface area contributed by atoms with Crippen molar-refractivity contribution in [1.82, 2.24) is 10.3 Å². The van der Waals surface area contributed by atoms with Gasteiger partial charge in [-0.2, -0.15) is 0 Å². The van der Waals surface area contributed by atoms with Gasteiger partial charge in [0.1, 0.15) is 0 Å². The number of aromatic nitrogens is 1. The molecule has 2 fully saturated rings. The Morgan fingerprint density at radius 2 is 2.14 bits per heavy atom. The van der Waals surface area contributed by atoms with Crippen LogP contribution in [0.3, 0.4) is 0 Å². The zero-order valence-corrected chi connectivity index (χ0v) is 14.8. The minimum absolute atomic E-state index is 0.0133. The highest BCUT2D eigenvalue weighted by atomic mass is 79.9. The largest absolute Gasteiger partial charge is 0.367 e. The summed E-state index contributed by atoms with van der Waals surface area (Å²) < 4.78 is 27.3. The first-order chi connectivity index (χ1) is 10.2. The number of halogens is 3. The van der Waals surface area contributed by atoms with Crippen LogP contribution in [0.4, 0.5) is 14.5 Å². The monoisotopic (exact) mass is 373 g/mol. The highest BCUT2D eigenvalue weighted by Gasteiger charge is 2.60. The Balaban J connectivity index is 1.88. The molecular formula is C16H22BrF2N3. The first kappa shape index (κ1) is 16.1. The lowest BCUT2D eigenvalue weighted by Crippen LogP contribution is -2.55. The van der Waals surface area contributed by atoms with Crippen LogP contribution in [0.25, 0.3) is 0 Å². The third kappa shape index (κ3) is 2.75. The Labute approximate surface area is 138 Å². The molecule has 3 nitrogen and oxygen atoms in total. The molecular weight excluding hydrogens is 352 g/mol. The van der Waals surface area contributed by atoms with Gasteiger partial charge < -0.3 is 10.2 Å². The number of hydrogen-bond acceptors (Lipinski definition) is 3. The van der Waals surface area contributed by atoms with Gasteiger partial charge in [0, 0.05) is 37.6 Å². The van der Waals surface area contributed by atoms with E-state index in [0.717, 1.165) is 26.1 Å². The van der Waals surface area contributed by atoms with E-state index in [0.29, 0.717) is 16.1 Å². The summed E-state index contributed by atoms with van der Waals surface area (Å²) in [7, 11) is 0. The fourth-order valence-electron chi connectivity index (χ4n) is 3.85. The Bertz CT molecular complexity index is 573. The first-order valence-electron chi connectivity index (χ1n) is 7.66. The topological polar surface area (TPSA) is 28.2 Å². The zero-order valence-electron chi connectivity index (χ0n) is 13.2. The molecule has 0 amide bonds. The van der Waals surface area contributed by atoms with Crippen LogP contribution in [0.15, 0.2) is 16.9 Å². The van der Waals surface area contributed by atoms with E-state index in [1.807, 2.05) is 0 Å². The van der Waals surface area contributed by atoms with E-state index in [4.69, 9.17) is 0 Å². The highest BCUT2D eigenvalue weighted by molar-refractivity contribution is 9.10. The van der Waals surface area contributed by atoms with Crippen molar-refractivity contribution >= 4 is 21.6 Å². The number of rotatable bonds is 2. The SMILES string of the molecule is CC(C)(C)C1CC12CN(c1c(Br)cncc1C(F)F)CCN2. The molecule has 1 aromatic heterocycles. The summed E-state index contributed by atoms with van der Waals surface area (Å²) >= 11 is 3.41. The van der Waals surface area contributed by atoms with Crippen LogP contribution in [0.2, 0.25) is 0 Å². The summed E-state index contributed by atoms with van der Waals surface area (Å²) in [6.45, 7) is 9.09. The molecule has 1 saturated carbocycles. The molecule has 22 heavy (non-hydrogen) atoms. The maximum Gasteiger partial charge on any atom is 0.267 e. The number of nitrogens with zero attached hydrogens (tertiary/aromatic N) is 2. The number of piperazine rings is 1. The molecule has 0 bridgehead atoms. The summed E-state index contributed by atoms with van der Waals surface area (Å²) in [6, 6.07) is 0. The molecule has 2 atom stereocenters. The minimum Gasteiger partial charge on any atom is -0.367 e. The molecule has 0 aromatic carbocycles. The molecule has 1 saturated heterocycles. The summed E-state index contributed by atoms with van der Waals surface area (Å²) in [4.78, 5) is 5.99. The Hall–Kier alpha value is -0.750. The molecule has 6 heteroatoms. The van der Waals surface area contributed by atoms with E-state index in [2.05, 4.69) is 51.9 Å². The van der Waals surface area contributed by atoms with E-state index in [1.165, 1.54) is 6.20 Å². The summed E-state index contributed by atoms with van der Waals surface area (Å²) in [6.07, 6.45) is 1.49. The summed E-state index contributed by atoms with van der Waals surface area (Å²) in [5, 5.41) is 3.63. The maximum absolute atomic E-state index is 13.3. The molecule has 1 aliphatic heterocycles. The summed E-state index contributed by atoms with van der Waals surface area (Å²) in [5.41, 5.74) is 0.917. The van der Waals surface area contributed by atoms with E-state index >= 15 is 0 Å². The lowest BCUT2D eigenvalue weighted by Gasteiger charge is -2.39. The van der Waals surface area contributed by atoms with E-state index in [1.54, 1.807) is 6.20 Å². The van der Waals surface area contributed by atoms with Crippen molar-refractivity contribution in [2.75, 3.05) is 24.5 Å². The van der Waals surface area contributed by atoms with Gasteiger partial charge in [0.15, 0.2) is 0 Å². The Morgan fingerprint density at radius 1 is 1.41 bits per heavy atom. The van der Waals surface area contributed by atoms with E-state index < -0.39 is 6.43 Å². The molecule has 3 rings (SSSR count). The van der Waals surface area contributed by atoms with E-state index in [9.17, 15) is 8.78 Å². The molecule has 1 N–H and O–H groups in total. The molecule has 2 heterocycles. The van der Waals surface area contributed by atoms with Crippen LogP contribution >= 0.6 is 15.9 Å². The lowest BCUT2D eigenvalue weighted by molar-refractivity contribution is 0.151. The predicted octanol–water partition coefficient (Wildman–Crippen LogP) is 4.00. The predicted molar refractivity (Wildman–Crippen MR) is 87.4 cm³/mol. The fraction of sp³-hybridized carbons (Fsp3) is 0.688. The highest BCUT2D eigenvalue weighted by Crippen LogP contribution is 2.55. The number of pyridine rings is 1. The number of anilines is 1. The normalized spacial score (nSPS) is 28.5. The van der Waals surface area contributed by atoms with Crippen LogP contribution < -0.4 is 10.2 Å². The second-order valence-electron chi connectivity index (χ2n) is 7.49. The van der Waals surface area contributed by atoms with Crippen LogP contribution in [-0.4, -0.2) is 30.2 Å². The molecule has 0 radical (unpaired) electrons. The second-order valence-corrected chi connectivity index (χ2v) is 8.34. The Morgan fingerprint density at radius 3 is 2.73 bits per heavy atom. The van der Waals surface area contributed by atoms with Crippen LogP contribution in [0.1, 0.15) is 39.2 Å². The van der Waals surface area contributed by atoms with Gasteiger partial charge in [0.05, 0.1) is 15.7 Å². The molecule has 2 unspecified atom stereocenters. The maximum atomic E-state index is 13.3. The zero-order chi connectivity index (χ0) is 16.1. The fourth-order valence-corrected chi connectivity index (χ4v) is 4.45. The van der Waals surface area contributed by atoms with Crippen molar-refractivity contribution in [1.29, 1.82) is 0 Å². The van der Waals surface area contributed by atoms with Crippen molar-refractivity contribution in [3.63, 3.8) is 0 Å². The molecule has 1 spiro atoms. The van der Waals surface area contributed by atoms with Gasteiger partial charge in [-0.3, -0.25) is 4.98 Å². The van der Waals surface area contributed by atoms with Crippen molar-refractivity contribution < 1.29 is 8.78 Å². The third-order valence-electron chi connectivity index (χ3n) is 4.90. The number of alkyl halides is 2. The van der Waals surface area contributed by atoms with Crippen molar-refractivity contribution in [3.05, 3.63) is 22.4 Å². The van der Waals surface area contributed by atoms with Gasteiger partial charge in [-0.05, 0) is 33.7 Å². The van der Waals surface area contributed by atoms with Gasteiger partial charge in [0.25, 0.3) is 6.43 Å². The van der Waals surface area contributed by atoms with Crippen molar-refractivity contribution in [2.24, 2.45) is 11.3 Å². The molecule has 122 valence electrons. The first-order valence-corrected chi connectivity index (χ1v) is 8.45. The van der Waals surface area contributed by atoms with Gasteiger partial charge in [-0.15, -0.1) is 0 Å². The standard InChI is InChI=1S/C16H22BrF2N3/c1-15(2,3)12-6-16(12)9-22(5-4-21-16)13-10(14(18)19)7-20-8-11(13)17/h7-8,12,14,21H,4-6,9H2,1-3H3. The van der Waals surface area contributed by atoms with Crippen molar-refractivity contribution in [3.8, 4) is 0 Å². The average molecular weight is 374 g/mol. The second kappa shape index (κ2) is 5.41. The molecule has 1 aliphatic carbocycles. The molecule has 2 aliphatic rings. The van der Waals surface area contributed by atoms with Crippen LogP contribution in [0, 0.1) is 11.3 Å². The average Bonchev–Trinajstić information content (AvgIpc) is 3.12. The smallest absolute Gasteiger partial charge is 0.267 e. The number of hydrogen-bond donors (Lipinski definition) is 1.